The predicted molar refractivity (Wildman–Crippen MR) is 134 cm³/mol. The molecule has 2 aliphatic rings. The highest BCUT2D eigenvalue weighted by molar-refractivity contribution is 8.00. The highest BCUT2D eigenvalue weighted by Crippen LogP contribution is 2.47. The minimum Gasteiger partial charge on any atom is -0.360 e. The molecule has 2 aliphatic heterocycles. The van der Waals surface area contributed by atoms with Crippen LogP contribution in [0.15, 0.2) is 54.7 Å². The molecule has 4 nitrogen and oxygen atoms in total. The third kappa shape index (κ3) is 3.74. The summed E-state index contributed by atoms with van der Waals surface area (Å²) in [6, 6.07) is 13.1. The van der Waals surface area contributed by atoms with E-state index in [4.69, 9.17) is 0 Å². The number of nitrogens with one attached hydrogen (secondary N) is 1. The lowest BCUT2D eigenvalue weighted by Gasteiger charge is -2.29. The van der Waals surface area contributed by atoms with Crippen molar-refractivity contribution in [1.82, 2.24) is 9.88 Å². The monoisotopic (exact) mass is 471 g/mol. The Labute approximate surface area is 198 Å². The van der Waals surface area contributed by atoms with E-state index in [9.17, 15) is 9.18 Å². The summed E-state index contributed by atoms with van der Waals surface area (Å²) in [5.74, 6) is -0.0410. The minimum absolute atomic E-state index is 0. The number of thioether (sulfide) groups is 1. The van der Waals surface area contributed by atoms with Crippen molar-refractivity contribution in [2.24, 2.45) is 0 Å². The second-order valence-electron chi connectivity index (χ2n) is 8.38. The Balaban J connectivity index is 0.00000245. The van der Waals surface area contributed by atoms with Crippen molar-refractivity contribution in [2.45, 2.75) is 18.1 Å². The van der Waals surface area contributed by atoms with Gasteiger partial charge < -0.3 is 9.88 Å². The molecule has 7 heteroatoms. The highest BCUT2D eigenvalue weighted by atomic mass is 35.5. The van der Waals surface area contributed by atoms with Crippen LogP contribution >= 0.6 is 24.2 Å². The molecule has 0 radical (unpaired) electrons. The second-order valence-corrected chi connectivity index (χ2v) is 9.61. The molecule has 1 atom stereocenters. The number of para-hydroxylation sites is 1. The number of aromatic nitrogens is 1. The molecule has 2 aromatic carbocycles. The van der Waals surface area contributed by atoms with Crippen LogP contribution in [0.25, 0.3) is 16.5 Å². The molecule has 3 aromatic rings. The van der Waals surface area contributed by atoms with Crippen molar-refractivity contribution in [2.75, 3.05) is 37.3 Å². The summed E-state index contributed by atoms with van der Waals surface area (Å²) >= 11 is 1.61. The summed E-state index contributed by atoms with van der Waals surface area (Å²) in [5, 5.41) is 1.07. The summed E-state index contributed by atoms with van der Waals surface area (Å²) < 4.78 is 13.0. The average Bonchev–Trinajstić information content (AvgIpc) is 3.30. The first-order chi connectivity index (χ1) is 15.0. The Morgan fingerprint density at radius 2 is 2.00 bits per heavy atom. The zero-order valence-corrected chi connectivity index (χ0v) is 19.9. The van der Waals surface area contributed by atoms with Crippen LogP contribution in [0, 0.1) is 5.82 Å². The van der Waals surface area contributed by atoms with Gasteiger partial charge in [0.2, 0.25) is 5.91 Å². The number of halogens is 2. The van der Waals surface area contributed by atoms with Crippen LogP contribution in [0.4, 0.5) is 10.1 Å². The number of benzene rings is 2. The summed E-state index contributed by atoms with van der Waals surface area (Å²) in [6.45, 7) is 5.37. The van der Waals surface area contributed by atoms with Gasteiger partial charge in [-0.1, -0.05) is 24.3 Å². The molecule has 0 aliphatic carbocycles. The molecule has 0 saturated heterocycles. The Morgan fingerprint density at radius 3 is 2.75 bits per heavy atom. The van der Waals surface area contributed by atoms with Gasteiger partial charge >= 0.3 is 0 Å². The molecule has 0 saturated carbocycles. The Morgan fingerprint density at radius 1 is 1.19 bits per heavy atom. The molecule has 0 bridgehead atoms. The van der Waals surface area contributed by atoms with Gasteiger partial charge in [-0.3, -0.25) is 9.69 Å². The standard InChI is InChI=1S/C25H26FN3OS.ClH/c1-25(31-2)21-5-3-4-6-23(21)29(24(25)30)14-13-28-11-9-17(10-12-28)20-16-27-22-15-18(26)7-8-19(20)22;/h3-9,15-16,27H,10-14H2,1-2H3;1H. The maximum atomic E-state index is 13.5. The van der Waals surface area contributed by atoms with Crippen molar-refractivity contribution >= 4 is 52.2 Å². The molecule has 1 N–H and O–H groups in total. The zero-order valence-electron chi connectivity index (χ0n) is 18.2. The molecule has 1 unspecified atom stereocenters. The van der Waals surface area contributed by atoms with E-state index in [0.717, 1.165) is 53.8 Å². The van der Waals surface area contributed by atoms with Crippen LogP contribution in [0.2, 0.25) is 0 Å². The van der Waals surface area contributed by atoms with Crippen molar-refractivity contribution in [3.63, 3.8) is 0 Å². The third-order valence-electron chi connectivity index (χ3n) is 6.69. The van der Waals surface area contributed by atoms with Gasteiger partial charge in [0.15, 0.2) is 0 Å². The maximum Gasteiger partial charge on any atom is 0.247 e. The van der Waals surface area contributed by atoms with E-state index >= 15 is 0 Å². The minimum atomic E-state index is -0.500. The van der Waals surface area contributed by atoms with Crippen molar-refractivity contribution < 1.29 is 9.18 Å². The summed E-state index contributed by atoms with van der Waals surface area (Å²) in [4.78, 5) is 20.7. The van der Waals surface area contributed by atoms with Crippen LogP contribution in [0.1, 0.15) is 24.5 Å². The first kappa shape index (κ1) is 22.9. The quantitative estimate of drug-likeness (QED) is 0.538. The largest absolute Gasteiger partial charge is 0.360 e. The fraction of sp³-hybridized carbons (Fsp3) is 0.320. The van der Waals surface area contributed by atoms with Gasteiger partial charge in [0.1, 0.15) is 10.6 Å². The second kappa shape index (κ2) is 8.93. The Kier molecular flexibility index (Phi) is 6.39. The van der Waals surface area contributed by atoms with Gasteiger partial charge in [0.05, 0.1) is 0 Å². The summed E-state index contributed by atoms with van der Waals surface area (Å²) in [6.07, 6.45) is 7.20. The maximum absolute atomic E-state index is 13.5. The fourth-order valence-electron chi connectivity index (χ4n) is 4.78. The number of carbonyl (C=O) groups excluding carboxylic acids is 1. The molecule has 32 heavy (non-hydrogen) atoms. The fourth-order valence-corrected chi connectivity index (χ4v) is 5.46. The molecule has 3 heterocycles. The van der Waals surface area contributed by atoms with Gasteiger partial charge in [-0.05, 0) is 49.4 Å². The lowest BCUT2D eigenvalue weighted by Crippen LogP contribution is -2.41. The lowest BCUT2D eigenvalue weighted by molar-refractivity contribution is -0.120. The van der Waals surface area contributed by atoms with Gasteiger partial charge in [0.25, 0.3) is 0 Å². The molecule has 1 aromatic heterocycles. The predicted octanol–water partition coefficient (Wildman–Crippen LogP) is 5.44. The average molecular weight is 472 g/mol. The van der Waals surface area contributed by atoms with Crippen LogP contribution in [-0.2, 0) is 9.54 Å². The van der Waals surface area contributed by atoms with E-state index in [1.807, 2.05) is 42.5 Å². The number of rotatable bonds is 5. The number of carbonyl (C=O) groups is 1. The van der Waals surface area contributed by atoms with Gasteiger partial charge in [-0.25, -0.2) is 4.39 Å². The number of amides is 1. The number of aromatic amines is 1. The molecular weight excluding hydrogens is 445 g/mol. The van der Waals surface area contributed by atoms with E-state index in [-0.39, 0.29) is 24.1 Å². The first-order valence-corrected chi connectivity index (χ1v) is 11.9. The van der Waals surface area contributed by atoms with Crippen molar-refractivity contribution in [3.8, 4) is 0 Å². The van der Waals surface area contributed by atoms with E-state index in [1.54, 1.807) is 17.8 Å². The van der Waals surface area contributed by atoms with Crippen LogP contribution < -0.4 is 4.90 Å². The molecule has 168 valence electrons. The Hall–Kier alpha value is -2.28. The number of hydrogen-bond donors (Lipinski definition) is 1. The molecule has 5 rings (SSSR count). The summed E-state index contributed by atoms with van der Waals surface area (Å²) in [5.41, 5.74) is 5.45. The normalized spacial score (nSPS) is 20.9. The number of H-pyrrole nitrogens is 1. The number of nitrogens with zero attached hydrogens (tertiary/aromatic N) is 2. The Bertz CT molecular complexity index is 1190. The number of anilines is 1. The van der Waals surface area contributed by atoms with Crippen molar-refractivity contribution in [1.29, 1.82) is 0 Å². The van der Waals surface area contributed by atoms with E-state index in [2.05, 4.69) is 28.1 Å². The number of hydrogen-bond acceptors (Lipinski definition) is 3. The summed E-state index contributed by atoms with van der Waals surface area (Å²) in [7, 11) is 0. The van der Waals surface area contributed by atoms with Gasteiger partial charge in [-0.2, -0.15) is 0 Å². The van der Waals surface area contributed by atoms with Crippen LogP contribution in [0.5, 0.6) is 0 Å². The molecule has 1 amide bonds. The highest BCUT2D eigenvalue weighted by Gasteiger charge is 2.46. The van der Waals surface area contributed by atoms with Crippen LogP contribution in [0.3, 0.4) is 0 Å². The SMILES string of the molecule is CSC1(C)C(=O)N(CCN2CC=C(c3c[nH]c4cc(F)ccc34)CC2)c2ccccc21.Cl. The zero-order chi connectivity index (χ0) is 21.6. The molecule has 0 fully saturated rings. The lowest BCUT2D eigenvalue weighted by atomic mass is 9.99. The molecular formula is C25H27ClFN3OS. The van der Waals surface area contributed by atoms with E-state index in [1.165, 1.54) is 11.6 Å². The topological polar surface area (TPSA) is 39.3 Å². The smallest absolute Gasteiger partial charge is 0.247 e. The molecule has 0 spiro atoms. The van der Waals surface area contributed by atoms with Crippen molar-refractivity contribution in [3.05, 3.63) is 71.7 Å². The van der Waals surface area contributed by atoms with Gasteiger partial charge in [-0.15, -0.1) is 24.2 Å². The van der Waals surface area contributed by atoms with Crippen LogP contribution in [-0.4, -0.2) is 48.2 Å². The third-order valence-corrected chi connectivity index (χ3v) is 7.90. The van der Waals surface area contributed by atoms with E-state index in [0.29, 0.717) is 6.54 Å². The first-order valence-electron chi connectivity index (χ1n) is 10.7. The number of fused-ring (bicyclic) bond motifs is 2. The van der Waals surface area contributed by atoms with Gasteiger partial charge in [0, 0.05) is 60.1 Å². The van der Waals surface area contributed by atoms with E-state index < -0.39 is 4.75 Å².